The first-order valence-electron chi connectivity index (χ1n) is 12.2. The van der Waals surface area contributed by atoms with Crippen LogP contribution in [0.3, 0.4) is 0 Å². The molecule has 4 rings (SSSR count). The smallest absolute Gasteiger partial charge is 0.141 e. The number of aromatic nitrogens is 2. The predicted octanol–water partition coefficient (Wildman–Crippen LogP) is 8.80. The van der Waals surface area contributed by atoms with Crippen LogP contribution in [0.25, 0.3) is 0 Å². The van der Waals surface area contributed by atoms with Gasteiger partial charge in [-0.1, -0.05) is 74.6 Å². The molecule has 1 aromatic heterocycles. The highest BCUT2D eigenvalue weighted by molar-refractivity contribution is 7.97. The topological polar surface area (TPSA) is 24.3 Å². The summed E-state index contributed by atoms with van der Waals surface area (Å²) in [6.07, 6.45) is 1.06. The van der Waals surface area contributed by atoms with Crippen molar-refractivity contribution in [3.05, 3.63) is 74.5 Å². The first-order valence-corrected chi connectivity index (χ1v) is 14.1. The Morgan fingerprint density at radius 1 is 1.03 bits per heavy atom. The zero-order valence-corrected chi connectivity index (χ0v) is 24.4. The van der Waals surface area contributed by atoms with E-state index in [-0.39, 0.29) is 6.04 Å². The fourth-order valence-electron chi connectivity index (χ4n) is 4.34. The second kappa shape index (κ2) is 12.7. The molecule has 0 saturated carbocycles. The fourth-order valence-corrected chi connectivity index (χ4v) is 5.96. The van der Waals surface area contributed by atoms with Crippen molar-refractivity contribution >= 4 is 52.4 Å². The summed E-state index contributed by atoms with van der Waals surface area (Å²) in [5.41, 5.74) is 4.75. The van der Waals surface area contributed by atoms with E-state index in [4.69, 9.17) is 34.8 Å². The first kappa shape index (κ1) is 28.2. The zero-order valence-electron chi connectivity index (χ0n) is 21.4. The molecule has 3 aromatic rings. The van der Waals surface area contributed by atoms with E-state index in [1.54, 1.807) is 16.6 Å². The molecule has 2 atom stereocenters. The van der Waals surface area contributed by atoms with Crippen LogP contribution in [0.15, 0.2) is 47.4 Å². The van der Waals surface area contributed by atoms with E-state index in [0.717, 1.165) is 46.7 Å². The van der Waals surface area contributed by atoms with Crippen molar-refractivity contribution < 1.29 is 0 Å². The molecule has 2 unspecified atom stereocenters. The predicted molar refractivity (Wildman–Crippen MR) is 153 cm³/mol. The second-order valence-corrected chi connectivity index (χ2v) is 10.9. The molecular formula is C27H35Cl3N4S. The number of benzene rings is 2. The average molecular weight is 554 g/mol. The lowest BCUT2D eigenvalue weighted by molar-refractivity contribution is 0.365. The van der Waals surface area contributed by atoms with Gasteiger partial charge in [-0.25, -0.2) is 4.31 Å². The van der Waals surface area contributed by atoms with Gasteiger partial charge in [0.2, 0.25) is 0 Å². The van der Waals surface area contributed by atoms with Gasteiger partial charge in [-0.05, 0) is 72.7 Å². The van der Waals surface area contributed by atoms with Gasteiger partial charge >= 0.3 is 0 Å². The summed E-state index contributed by atoms with van der Waals surface area (Å²) >= 11 is 20.9. The number of hydrogen-bond donors (Lipinski definition) is 0. The molecule has 35 heavy (non-hydrogen) atoms. The number of hydrogen-bond acceptors (Lipinski definition) is 4. The Balaban J connectivity index is 0.00000167. The highest BCUT2D eigenvalue weighted by Gasteiger charge is 2.32. The van der Waals surface area contributed by atoms with Gasteiger partial charge in [0.1, 0.15) is 5.15 Å². The Morgan fingerprint density at radius 3 is 2.29 bits per heavy atom. The van der Waals surface area contributed by atoms with Crippen molar-refractivity contribution in [2.75, 3.05) is 24.5 Å². The molecule has 0 bridgehead atoms. The van der Waals surface area contributed by atoms with Gasteiger partial charge < -0.3 is 4.90 Å². The molecule has 4 nitrogen and oxygen atoms in total. The lowest BCUT2D eigenvalue weighted by atomic mass is 9.94. The summed E-state index contributed by atoms with van der Waals surface area (Å²) in [6, 6.07) is 14.7. The Hall–Kier alpha value is -1.37. The van der Waals surface area contributed by atoms with E-state index < -0.39 is 0 Å². The molecule has 1 aliphatic rings. The molecule has 1 saturated heterocycles. The van der Waals surface area contributed by atoms with Crippen LogP contribution in [0.1, 0.15) is 62.9 Å². The van der Waals surface area contributed by atoms with Crippen LogP contribution in [0, 0.1) is 6.92 Å². The molecule has 1 fully saturated rings. The largest absolute Gasteiger partial charge is 0.362 e. The Bertz CT molecular complexity index is 1120. The van der Waals surface area contributed by atoms with Crippen molar-refractivity contribution in [1.82, 2.24) is 14.1 Å². The monoisotopic (exact) mass is 552 g/mol. The van der Waals surface area contributed by atoms with Gasteiger partial charge in [-0.15, -0.1) is 0 Å². The van der Waals surface area contributed by atoms with Crippen molar-refractivity contribution in [3.8, 4) is 0 Å². The maximum atomic E-state index is 6.53. The van der Waals surface area contributed by atoms with E-state index in [1.165, 1.54) is 16.8 Å². The van der Waals surface area contributed by atoms with Gasteiger partial charge in [0.05, 0.1) is 16.6 Å². The quantitative estimate of drug-likeness (QED) is 0.285. The number of rotatable bonds is 6. The maximum Gasteiger partial charge on any atom is 0.141 e. The summed E-state index contributed by atoms with van der Waals surface area (Å²) < 4.78 is 4.13. The molecule has 190 valence electrons. The van der Waals surface area contributed by atoms with Crippen molar-refractivity contribution in [2.24, 2.45) is 7.05 Å². The lowest BCUT2D eigenvalue weighted by Crippen LogP contribution is -2.46. The fraction of sp³-hybridized carbons (Fsp3) is 0.444. The van der Waals surface area contributed by atoms with E-state index in [2.05, 4.69) is 52.4 Å². The Kier molecular flexibility index (Phi) is 10.3. The standard InChI is InChI=1S/C25H29Cl3N4S.C2H6/c1-5-16(2)21-14-20(27)10-11-22(21)32-13-12-31(33-24-17(3)29-30(4)25(24)28)15-23(32)18-6-8-19(26)9-7-18;1-2/h6-11,14,16,23H,5,12-13,15H2,1-4H3;1-2H3. The molecule has 0 amide bonds. The summed E-state index contributed by atoms with van der Waals surface area (Å²) in [4.78, 5) is 3.55. The van der Waals surface area contributed by atoms with Crippen LogP contribution >= 0.6 is 46.8 Å². The van der Waals surface area contributed by atoms with Crippen LogP contribution in [0.4, 0.5) is 5.69 Å². The van der Waals surface area contributed by atoms with Crippen LogP contribution in [-0.4, -0.2) is 33.7 Å². The third-order valence-electron chi connectivity index (χ3n) is 6.36. The van der Waals surface area contributed by atoms with E-state index >= 15 is 0 Å². The highest BCUT2D eigenvalue weighted by Crippen LogP contribution is 2.41. The summed E-state index contributed by atoms with van der Waals surface area (Å²) in [6.45, 7) is 13.1. The van der Waals surface area contributed by atoms with Crippen LogP contribution in [0.2, 0.25) is 15.2 Å². The third-order valence-corrected chi connectivity index (χ3v) is 8.65. The first-order chi connectivity index (χ1) is 16.8. The van der Waals surface area contributed by atoms with Crippen molar-refractivity contribution in [1.29, 1.82) is 0 Å². The number of anilines is 1. The minimum atomic E-state index is 0.170. The minimum Gasteiger partial charge on any atom is -0.362 e. The van der Waals surface area contributed by atoms with E-state index in [1.807, 2.05) is 46.0 Å². The van der Waals surface area contributed by atoms with Gasteiger partial charge in [0.25, 0.3) is 0 Å². The molecule has 0 N–H and O–H groups in total. The average Bonchev–Trinajstić information content (AvgIpc) is 3.11. The van der Waals surface area contributed by atoms with Crippen LogP contribution < -0.4 is 4.90 Å². The molecule has 0 radical (unpaired) electrons. The van der Waals surface area contributed by atoms with Crippen LogP contribution in [-0.2, 0) is 7.05 Å². The molecule has 0 aliphatic carbocycles. The second-order valence-electron chi connectivity index (χ2n) is 8.58. The normalized spacial score (nSPS) is 17.2. The number of halogens is 3. The Labute approximate surface area is 229 Å². The summed E-state index contributed by atoms with van der Waals surface area (Å²) in [7, 11) is 1.88. The molecule has 8 heteroatoms. The van der Waals surface area contributed by atoms with E-state index in [0.29, 0.717) is 11.1 Å². The Morgan fingerprint density at radius 2 is 1.69 bits per heavy atom. The summed E-state index contributed by atoms with van der Waals surface area (Å²) in [5, 5.41) is 6.69. The van der Waals surface area contributed by atoms with Gasteiger partial charge in [-0.2, -0.15) is 5.10 Å². The van der Waals surface area contributed by atoms with E-state index in [9.17, 15) is 0 Å². The number of piperazine rings is 1. The summed E-state index contributed by atoms with van der Waals surface area (Å²) in [5.74, 6) is 0.425. The molecular weight excluding hydrogens is 519 g/mol. The van der Waals surface area contributed by atoms with Crippen molar-refractivity contribution in [3.63, 3.8) is 0 Å². The van der Waals surface area contributed by atoms with Crippen LogP contribution in [0.5, 0.6) is 0 Å². The minimum absolute atomic E-state index is 0.170. The van der Waals surface area contributed by atoms with Gasteiger partial charge in [-0.3, -0.25) is 4.68 Å². The SMILES string of the molecule is CC.CCC(C)c1cc(Cl)ccc1N1CCN(Sc2c(C)nn(C)c2Cl)CC1c1ccc(Cl)cc1. The molecule has 1 aliphatic heterocycles. The molecule has 2 aromatic carbocycles. The lowest BCUT2D eigenvalue weighted by Gasteiger charge is -2.43. The molecule has 2 heterocycles. The zero-order chi connectivity index (χ0) is 25.7. The number of aryl methyl sites for hydroxylation is 2. The van der Waals surface area contributed by atoms with Gasteiger partial charge in [0, 0.05) is 42.4 Å². The maximum absolute atomic E-state index is 6.53. The van der Waals surface area contributed by atoms with Crippen molar-refractivity contribution in [2.45, 2.75) is 57.9 Å². The molecule has 0 spiro atoms. The third kappa shape index (κ3) is 6.50. The highest BCUT2D eigenvalue weighted by atomic mass is 35.5. The number of nitrogens with zero attached hydrogens (tertiary/aromatic N) is 4. The van der Waals surface area contributed by atoms with Gasteiger partial charge in [0.15, 0.2) is 0 Å².